The standard InChI is InChI=1S/C28H21F8N5O6S/c1-26(2)23(43)41(18-9-10-20(30)19(12-18)27(31,32)33)25(45)40(26)13-15-3-6-16(29)11-21(15)38-24(44)37-17-7-4-14(5-8-17)22(42)39-48(46,47)28(34,35)36/h3-12H,13H2,1-2H3,(H,39,42)(H2,37,38,44). The lowest BCUT2D eigenvalue weighted by Gasteiger charge is -2.28. The molecule has 1 heterocycles. The van der Waals surface area contributed by atoms with Crippen LogP contribution in [0.1, 0.15) is 35.3 Å². The molecule has 0 saturated carbocycles. The van der Waals surface area contributed by atoms with Crippen molar-refractivity contribution in [2.75, 3.05) is 15.5 Å². The molecular formula is C28H21F8N5O6S. The van der Waals surface area contributed by atoms with Gasteiger partial charge in [-0.25, -0.2) is 28.0 Å². The zero-order valence-electron chi connectivity index (χ0n) is 24.3. The summed E-state index contributed by atoms with van der Waals surface area (Å²) in [5.41, 5.74) is -10.4. The molecule has 0 bridgehead atoms. The molecule has 0 radical (unpaired) electrons. The summed E-state index contributed by atoms with van der Waals surface area (Å²) >= 11 is 0. The second-order valence-corrected chi connectivity index (χ2v) is 12.2. The molecule has 11 nitrogen and oxygen atoms in total. The zero-order valence-corrected chi connectivity index (χ0v) is 25.1. The number of nitrogens with zero attached hydrogens (tertiary/aromatic N) is 2. The molecule has 4 rings (SSSR count). The van der Waals surface area contributed by atoms with Crippen molar-refractivity contribution < 1.29 is 62.7 Å². The zero-order chi connectivity index (χ0) is 36.0. The Kier molecular flexibility index (Phi) is 9.19. The van der Waals surface area contributed by atoms with Gasteiger partial charge < -0.3 is 15.5 Å². The number of carbonyl (C=O) groups excluding carboxylic acids is 4. The Hall–Kier alpha value is -5.27. The fourth-order valence-corrected chi connectivity index (χ4v) is 4.88. The van der Waals surface area contributed by atoms with Gasteiger partial charge in [0.25, 0.3) is 11.8 Å². The summed E-state index contributed by atoms with van der Waals surface area (Å²) in [6, 6.07) is 6.28. The molecule has 1 aliphatic heterocycles. The van der Waals surface area contributed by atoms with E-state index in [9.17, 15) is 62.7 Å². The molecule has 6 amide bonds. The Morgan fingerprint density at radius 1 is 0.854 bits per heavy atom. The van der Waals surface area contributed by atoms with Crippen LogP contribution in [0.25, 0.3) is 0 Å². The summed E-state index contributed by atoms with van der Waals surface area (Å²) in [4.78, 5) is 52.6. The highest BCUT2D eigenvalue weighted by Gasteiger charge is 2.52. The molecule has 0 aliphatic carbocycles. The minimum absolute atomic E-state index is 0.0515. The van der Waals surface area contributed by atoms with Crippen LogP contribution in [0.15, 0.2) is 60.7 Å². The molecule has 48 heavy (non-hydrogen) atoms. The van der Waals surface area contributed by atoms with E-state index in [1.54, 1.807) is 0 Å². The number of halogens is 8. The van der Waals surface area contributed by atoms with E-state index in [0.717, 1.165) is 58.2 Å². The van der Waals surface area contributed by atoms with Gasteiger partial charge in [-0.05, 0) is 74.0 Å². The normalized spacial score (nSPS) is 15.0. The van der Waals surface area contributed by atoms with Crippen LogP contribution < -0.4 is 20.3 Å². The van der Waals surface area contributed by atoms with Crippen molar-refractivity contribution >= 4 is 51.0 Å². The molecule has 1 fully saturated rings. The van der Waals surface area contributed by atoms with E-state index >= 15 is 0 Å². The van der Waals surface area contributed by atoms with Crippen LogP contribution in [0.2, 0.25) is 0 Å². The van der Waals surface area contributed by atoms with Crippen LogP contribution in [0.4, 0.5) is 61.8 Å². The number of anilines is 3. The van der Waals surface area contributed by atoms with E-state index in [0.29, 0.717) is 17.0 Å². The number of sulfonamides is 1. The Morgan fingerprint density at radius 2 is 1.48 bits per heavy atom. The van der Waals surface area contributed by atoms with Crippen molar-refractivity contribution in [2.45, 2.75) is 37.6 Å². The van der Waals surface area contributed by atoms with Gasteiger partial charge in [0.15, 0.2) is 0 Å². The average Bonchev–Trinajstić information content (AvgIpc) is 3.12. The summed E-state index contributed by atoms with van der Waals surface area (Å²) in [5.74, 6) is -5.05. The van der Waals surface area contributed by atoms with E-state index in [1.165, 1.54) is 13.8 Å². The highest BCUT2D eigenvalue weighted by Crippen LogP contribution is 2.38. The maximum absolute atomic E-state index is 14.2. The first kappa shape index (κ1) is 35.6. The fourth-order valence-electron chi connectivity index (χ4n) is 4.40. The monoisotopic (exact) mass is 707 g/mol. The Bertz CT molecular complexity index is 1910. The smallest absolute Gasteiger partial charge is 0.308 e. The molecule has 0 unspecified atom stereocenters. The number of alkyl halides is 6. The second-order valence-electron chi connectivity index (χ2n) is 10.6. The molecular weight excluding hydrogens is 686 g/mol. The van der Waals surface area contributed by atoms with E-state index < -0.39 is 86.1 Å². The number of hydrogen-bond acceptors (Lipinski definition) is 6. The number of hydrogen-bond donors (Lipinski definition) is 3. The summed E-state index contributed by atoms with van der Waals surface area (Å²) in [7, 11) is -5.98. The van der Waals surface area contributed by atoms with E-state index in [2.05, 4.69) is 10.6 Å². The highest BCUT2D eigenvalue weighted by atomic mass is 32.2. The van der Waals surface area contributed by atoms with Gasteiger partial charge in [0.2, 0.25) is 0 Å². The molecule has 3 aromatic carbocycles. The molecule has 1 aliphatic rings. The number of carbonyl (C=O) groups is 4. The van der Waals surface area contributed by atoms with E-state index in [4.69, 9.17) is 0 Å². The fraction of sp³-hybridized carbons (Fsp3) is 0.214. The lowest BCUT2D eigenvalue weighted by atomic mass is 10.0. The van der Waals surface area contributed by atoms with Crippen molar-refractivity contribution in [1.82, 2.24) is 9.62 Å². The maximum atomic E-state index is 14.2. The number of amides is 6. The topological polar surface area (TPSA) is 145 Å². The second kappa shape index (κ2) is 12.4. The highest BCUT2D eigenvalue weighted by molar-refractivity contribution is 7.90. The molecule has 0 aromatic heterocycles. The van der Waals surface area contributed by atoms with Crippen molar-refractivity contribution in [1.29, 1.82) is 0 Å². The number of urea groups is 2. The number of rotatable bonds is 7. The van der Waals surface area contributed by atoms with Crippen molar-refractivity contribution in [2.24, 2.45) is 0 Å². The van der Waals surface area contributed by atoms with Gasteiger partial charge in [-0.1, -0.05) is 6.07 Å². The molecule has 3 N–H and O–H groups in total. The molecule has 256 valence electrons. The molecule has 0 atom stereocenters. The van der Waals surface area contributed by atoms with Gasteiger partial charge in [-0.15, -0.1) is 0 Å². The number of benzene rings is 3. The minimum atomic E-state index is -5.98. The molecule has 1 saturated heterocycles. The number of nitrogens with one attached hydrogen (secondary N) is 3. The van der Waals surface area contributed by atoms with Crippen LogP contribution in [0.5, 0.6) is 0 Å². The van der Waals surface area contributed by atoms with Gasteiger partial charge in [0.05, 0.1) is 23.5 Å². The third kappa shape index (κ3) is 7.16. The Morgan fingerprint density at radius 3 is 2.06 bits per heavy atom. The van der Waals surface area contributed by atoms with Crippen LogP contribution in [-0.4, -0.2) is 48.2 Å². The minimum Gasteiger partial charge on any atom is -0.308 e. The van der Waals surface area contributed by atoms with Gasteiger partial charge in [-0.2, -0.15) is 34.8 Å². The van der Waals surface area contributed by atoms with Crippen molar-refractivity contribution in [3.05, 3.63) is 89.0 Å². The first-order valence-corrected chi connectivity index (χ1v) is 14.6. The first-order valence-electron chi connectivity index (χ1n) is 13.2. The van der Waals surface area contributed by atoms with Crippen LogP contribution in [-0.2, 0) is 27.5 Å². The lowest BCUT2D eigenvalue weighted by Crippen LogP contribution is -2.43. The van der Waals surface area contributed by atoms with Crippen LogP contribution in [0, 0.1) is 11.6 Å². The Labute approximate surface area is 265 Å². The third-order valence-corrected chi connectivity index (χ3v) is 7.99. The van der Waals surface area contributed by atoms with Gasteiger partial charge >= 0.3 is 33.8 Å². The average molecular weight is 708 g/mol. The third-order valence-electron chi connectivity index (χ3n) is 6.92. The summed E-state index contributed by atoms with van der Waals surface area (Å²) < 4.78 is 129. The SMILES string of the molecule is CC1(C)C(=O)N(c2ccc(F)c(C(F)(F)F)c2)C(=O)N1Cc1ccc(F)cc1NC(=O)Nc1ccc(C(=O)NS(=O)(=O)C(F)(F)F)cc1. The number of imide groups is 1. The molecule has 20 heteroatoms. The van der Waals surface area contributed by atoms with E-state index in [1.807, 2.05) is 0 Å². The predicted octanol–water partition coefficient (Wildman–Crippen LogP) is 5.95. The lowest BCUT2D eigenvalue weighted by molar-refractivity contribution is -0.140. The molecule has 0 spiro atoms. The van der Waals surface area contributed by atoms with Gasteiger partial charge in [0, 0.05) is 11.3 Å². The largest absolute Gasteiger partial charge is 0.516 e. The predicted molar refractivity (Wildman–Crippen MR) is 152 cm³/mol. The van der Waals surface area contributed by atoms with E-state index in [-0.39, 0.29) is 16.9 Å². The van der Waals surface area contributed by atoms with Crippen LogP contribution in [0.3, 0.4) is 0 Å². The first-order chi connectivity index (χ1) is 22.0. The van der Waals surface area contributed by atoms with Crippen LogP contribution >= 0.6 is 0 Å². The summed E-state index contributed by atoms with van der Waals surface area (Å²) in [6.45, 7) is 2.09. The van der Waals surface area contributed by atoms with Gasteiger partial charge in [-0.3, -0.25) is 9.59 Å². The molecule has 3 aromatic rings. The quantitative estimate of drug-likeness (QED) is 0.204. The summed E-state index contributed by atoms with van der Waals surface area (Å²) in [5, 5.41) is 4.59. The van der Waals surface area contributed by atoms with Crippen molar-refractivity contribution in [3.63, 3.8) is 0 Å². The van der Waals surface area contributed by atoms with Crippen molar-refractivity contribution in [3.8, 4) is 0 Å². The summed E-state index contributed by atoms with van der Waals surface area (Å²) in [6.07, 6.45) is -5.13. The Balaban J connectivity index is 1.52. The van der Waals surface area contributed by atoms with Gasteiger partial charge in [0.1, 0.15) is 17.2 Å². The maximum Gasteiger partial charge on any atom is 0.516 e.